The van der Waals surface area contributed by atoms with Gasteiger partial charge in [-0.2, -0.15) is 0 Å². The number of nitrogens with zero attached hydrogens (tertiary/aromatic N) is 4. The summed E-state index contributed by atoms with van der Waals surface area (Å²) < 4.78 is 24.8. The molecule has 0 saturated carbocycles. The number of hydrogen-bond donors (Lipinski definition) is 1. The fourth-order valence-electron chi connectivity index (χ4n) is 3.84. The lowest BCUT2D eigenvalue weighted by Crippen LogP contribution is -2.42. The fourth-order valence-corrected chi connectivity index (χ4v) is 4.72. The molecule has 0 atom stereocenters. The van der Waals surface area contributed by atoms with Gasteiger partial charge in [-0.05, 0) is 37.8 Å². The van der Waals surface area contributed by atoms with Gasteiger partial charge < -0.3 is 10.2 Å². The second-order valence-corrected chi connectivity index (χ2v) is 9.53. The lowest BCUT2D eigenvalue weighted by atomic mass is 10.1. The third kappa shape index (κ3) is 4.10. The Balaban J connectivity index is 1.47. The SMILES string of the molecule is CS(=O)(=O)N1CCC(Nc2ncc3ccc(C(=O)N4CCCC4)cc3n2)CC1. The van der Waals surface area contributed by atoms with Gasteiger partial charge in [0.2, 0.25) is 16.0 Å². The van der Waals surface area contributed by atoms with Crippen molar-refractivity contribution in [2.45, 2.75) is 31.7 Å². The third-order valence-corrected chi connectivity index (χ3v) is 6.78. The first-order valence-electron chi connectivity index (χ1n) is 9.68. The first-order valence-corrected chi connectivity index (χ1v) is 11.5. The van der Waals surface area contributed by atoms with Crippen molar-refractivity contribution in [3.8, 4) is 0 Å². The van der Waals surface area contributed by atoms with E-state index >= 15 is 0 Å². The topological polar surface area (TPSA) is 95.5 Å². The van der Waals surface area contributed by atoms with Crippen molar-refractivity contribution in [3.63, 3.8) is 0 Å². The highest BCUT2D eigenvalue weighted by atomic mass is 32.2. The molecule has 2 aromatic rings. The standard InChI is InChI=1S/C19H25N5O3S/c1-28(26,27)24-10-6-16(7-11-24)21-19-20-13-15-5-4-14(12-17(15)22-19)18(25)23-8-2-3-9-23/h4-5,12-13,16H,2-3,6-11H2,1H3,(H,20,21,22). The highest BCUT2D eigenvalue weighted by Crippen LogP contribution is 2.20. The molecule has 1 amide bonds. The summed E-state index contributed by atoms with van der Waals surface area (Å²) in [5, 5.41) is 4.19. The summed E-state index contributed by atoms with van der Waals surface area (Å²) in [4.78, 5) is 23.5. The maximum Gasteiger partial charge on any atom is 0.253 e. The predicted molar refractivity (Wildman–Crippen MR) is 108 cm³/mol. The first-order chi connectivity index (χ1) is 13.4. The Morgan fingerprint density at radius 2 is 1.86 bits per heavy atom. The smallest absolute Gasteiger partial charge is 0.253 e. The zero-order chi connectivity index (χ0) is 19.7. The van der Waals surface area contributed by atoms with Crippen LogP contribution in [0.5, 0.6) is 0 Å². The van der Waals surface area contributed by atoms with Gasteiger partial charge in [-0.15, -0.1) is 0 Å². The van der Waals surface area contributed by atoms with Crippen LogP contribution in [0.3, 0.4) is 0 Å². The lowest BCUT2D eigenvalue weighted by molar-refractivity contribution is 0.0793. The average Bonchev–Trinajstić information content (AvgIpc) is 3.21. The Morgan fingerprint density at radius 1 is 1.14 bits per heavy atom. The molecule has 1 aromatic heterocycles. The highest BCUT2D eigenvalue weighted by molar-refractivity contribution is 7.88. The minimum Gasteiger partial charge on any atom is -0.351 e. The van der Waals surface area contributed by atoms with Crippen molar-refractivity contribution < 1.29 is 13.2 Å². The molecule has 0 radical (unpaired) electrons. The summed E-state index contributed by atoms with van der Waals surface area (Å²) in [5.41, 5.74) is 1.39. The van der Waals surface area contributed by atoms with Gasteiger partial charge >= 0.3 is 0 Å². The van der Waals surface area contributed by atoms with E-state index in [0.717, 1.165) is 36.8 Å². The van der Waals surface area contributed by atoms with E-state index in [1.807, 2.05) is 23.1 Å². The summed E-state index contributed by atoms with van der Waals surface area (Å²) in [5.74, 6) is 0.566. The molecule has 2 aliphatic rings. The van der Waals surface area contributed by atoms with Crippen LogP contribution in [-0.2, 0) is 10.0 Å². The summed E-state index contributed by atoms with van der Waals surface area (Å²) in [7, 11) is -3.13. The number of amides is 1. The van der Waals surface area contributed by atoms with Gasteiger partial charge in [0.05, 0.1) is 11.8 Å². The average molecular weight is 404 g/mol. The molecular weight excluding hydrogens is 378 g/mol. The monoisotopic (exact) mass is 403 g/mol. The minimum atomic E-state index is -3.13. The molecule has 150 valence electrons. The van der Waals surface area contributed by atoms with Crippen LogP contribution in [0.25, 0.3) is 10.9 Å². The highest BCUT2D eigenvalue weighted by Gasteiger charge is 2.25. The van der Waals surface area contributed by atoms with E-state index in [0.29, 0.717) is 37.4 Å². The molecule has 28 heavy (non-hydrogen) atoms. The molecule has 9 heteroatoms. The number of carbonyl (C=O) groups is 1. The van der Waals surface area contributed by atoms with E-state index < -0.39 is 10.0 Å². The predicted octanol–water partition coefficient (Wildman–Crippen LogP) is 1.70. The van der Waals surface area contributed by atoms with Crippen LogP contribution >= 0.6 is 0 Å². The maximum atomic E-state index is 12.6. The normalized spacial score (nSPS) is 19.2. The van der Waals surface area contributed by atoms with Crippen molar-refractivity contribution >= 4 is 32.8 Å². The van der Waals surface area contributed by atoms with Gasteiger partial charge in [0, 0.05) is 49.4 Å². The molecule has 4 rings (SSSR count). The summed E-state index contributed by atoms with van der Waals surface area (Å²) in [6.45, 7) is 2.64. The molecule has 2 saturated heterocycles. The summed E-state index contributed by atoms with van der Waals surface area (Å²) in [6, 6.07) is 5.67. The van der Waals surface area contributed by atoms with Crippen LogP contribution in [0.2, 0.25) is 0 Å². The fraction of sp³-hybridized carbons (Fsp3) is 0.526. The maximum absolute atomic E-state index is 12.6. The van der Waals surface area contributed by atoms with Gasteiger partial charge in [-0.3, -0.25) is 4.79 Å². The Kier molecular flexibility index (Phi) is 5.20. The van der Waals surface area contributed by atoms with Crippen LogP contribution in [0.1, 0.15) is 36.0 Å². The number of fused-ring (bicyclic) bond motifs is 1. The Morgan fingerprint density at radius 3 is 2.54 bits per heavy atom. The number of piperidine rings is 1. The van der Waals surface area contributed by atoms with E-state index in [9.17, 15) is 13.2 Å². The number of carbonyl (C=O) groups excluding carboxylic acids is 1. The number of rotatable bonds is 4. The van der Waals surface area contributed by atoms with Crippen molar-refractivity contribution in [3.05, 3.63) is 30.0 Å². The van der Waals surface area contributed by atoms with Gasteiger partial charge in [0.15, 0.2) is 0 Å². The lowest BCUT2D eigenvalue weighted by Gasteiger charge is -2.30. The van der Waals surface area contributed by atoms with E-state index in [4.69, 9.17) is 0 Å². The van der Waals surface area contributed by atoms with E-state index in [-0.39, 0.29) is 11.9 Å². The van der Waals surface area contributed by atoms with Gasteiger partial charge in [-0.1, -0.05) is 6.07 Å². The van der Waals surface area contributed by atoms with Crippen molar-refractivity contribution in [1.82, 2.24) is 19.2 Å². The molecule has 1 aromatic carbocycles. The minimum absolute atomic E-state index is 0.0562. The molecule has 0 unspecified atom stereocenters. The molecule has 1 N–H and O–H groups in total. The van der Waals surface area contributed by atoms with Gasteiger partial charge in [0.1, 0.15) is 0 Å². The second kappa shape index (κ2) is 7.63. The van der Waals surface area contributed by atoms with E-state index in [1.165, 1.54) is 10.6 Å². The quantitative estimate of drug-likeness (QED) is 0.835. The molecule has 2 aliphatic heterocycles. The number of nitrogens with one attached hydrogen (secondary N) is 1. The van der Waals surface area contributed by atoms with Crippen molar-refractivity contribution in [2.75, 3.05) is 37.8 Å². The van der Waals surface area contributed by atoms with E-state index in [1.54, 1.807) is 6.20 Å². The zero-order valence-corrected chi connectivity index (χ0v) is 16.8. The third-order valence-electron chi connectivity index (χ3n) is 5.48. The number of aromatic nitrogens is 2. The van der Waals surface area contributed by atoms with E-state index in [2.05, 4.69) is 15.3 Å². The molecule has 3 heterocycles. The molecule has 0 aliphatic carbocycles. The van der Waals surface area contributed by atoms with Gasteiger partial charge in [0.25, 0.3) is 5.91 Å². The van der Waals surface area contributed by atoms with Crippen LogP contribution in [0, 0.1) is 0 Å². The Hall–Kier alpha value is -2.26. The van der Waals surface area contributed by atoms with Gasteiger partial charge in [-0.25, -0.2) is 22.7 Å². The van der Waals surface area contributed by atoms with Crippen molar-refractivity contribution in [2.24, 2.45) is 0 Å². The number of sulfonamides is 1. The molecule has 2 fully saturated rings. The van der Waals surface area contributed by atoms with Crippen LogP contribution in [0.15, 0.2) is 24.4 Å². The summed E-state index contributed by atoms with van der Waals surface area (Å²) in [6.07, 6.45) is 6.54. The second-order valence-electron chi connectivity index (χ2n) is 7.55. The molecular formula is C19H25N5O3S. The summed E-state index contributed by atoms with van der Waals surface area (Å²) >= 11 is 0. The molecule has 0 bridgehead atoms. The number of benzene rings is 1. The zero-order valence-electron chi connectivity index (χ0n) is 16.0. The van der Waals surface area contributed by atoms with Crippen LogP contribution < -0.4 is 5.32 Å². The molecule has 0 spiro atoms. The van der Waals surface area contributed by atoms with Crippen molar-refractivity contribution in [1.29, 1.82) is 0 Å². The number of anilines is 1. The Bertz CT molecular complexity index is 980. The van der Waals surface area contributed by atoms with Crippen LogP contribution in [-0.4, -0.2) is 72.0 Å². The first kappa shape index (κ1) is 19.1. The van der Waals surface area contributed by atoms with Crippen LogP contribution in [0.4, 0.5) is 5.95 Å². The largest absolute Gasteiger partial charge is 0.351 e. The number of likely N-dealkylation sites (tertiary alicyclic amines) is 1. The number of hydrogen-bond acceptors (Lipinski definition) is 6. The Labute approximate surface area is 165 Å². The molecule has 8 nitrogen and oxygen atoms in total.